The summed E-state index contributed by atoms with van der Waals surface area (Å²) in [5, 5.41) is 3.18. The molecule has 7 nitrogen and oxygen atoms in total. The van der Waals surface area contributed by atoms with E-state index < -0.39 is 11.9 Å². The van der Waals surface area contributed by atoms with E-state index in [9.17, 15) is 14.4 Å². The van der Waals surface area contributed by atoms with Gasteiger partial charge in [0.2, 0.25) is 5.91 Å². The summed E-state index contributed by atoms with van der Waals surface area (Å²) in [5.74, 6) is -1.66. The number of primary amides is 1. The summed E-state index contributed by atoms with van der Waals surface area (Å²) in [5.41, 5.74) is 7.11. The lowest BCUT2D eigenvalue weighted by atomic mass is 9.97. The zero-order chi connectivity index (χ0) is 19.9. The van der Waals surface area contributed by atoms with E-state index in [1.54, 1.807) is 18.2 Å². The lowest BCUT2D eigenvalue weighted by Gasteiger charge is -2.31. The van der Waals surface area contributed by atoms with Crippen molar-refractivity contribution in [3.8, 4) is 0 Å². The number of nitrogens with zero attached hydrogens (tertiary/aromatic N) is 1. The van der Waals surface area contributed by atoms with Crippen molar-refractivity contribution >= 4 is 29.2 Å². The smallest absolute Gasteiger partial charge is 0.340 e. The van der Waals surface area contributed by atoms with E-state index in [0.29, 0.717) is 30.6 Å². The number of carbonyl (C=O) groups is 3. The monoisotopic (exact) mass is 381 g/mol. The van der Waals surface area contributed by atoms with Crippen LogP contribution in [0.4, 0.5) is 11.4 Å². The molecule has 1 heterocycles. The van der Waals surface area contributed by atoms with Gasteiger partial charge in [0.15, 0.2) is 6.61 Å². The number of likely N-dealkylation sites (tertiary alicyclic amines) is 1. The van der Waals surface area contributed by atoms with E-state index in [1.165, 1.54) is 4.90 Å². The number of hydrogen-bond acceptors (Lipinski definition) is 5. The number of ether oxygens (including phenoxy) is 1. The molecule has 0 aliphatic carbocycles. The highest BCUT2D eigenvalue weighted by molar-refractivity contribution is 5.97. The molecule has 0 unspecified atom stereocenters. The summed E-state index contributed by atoms with van der Waals surface area (Å²) in [4.78, 5) is 37.7. The van der Waals surface area contributed by atoms with Gasteiger partial charge in [0.05, 0.1) is 17.2 Å². The van der Waals surface area contributed by atoms with E-state index >= 15 is 0 Å². The van der Waals surface area contributed by atoms with Gasteiger partial charge in [-0.05, 0) is 37.1 Å². The molecule has 0 saturated carbocycles. The Bertz CT molecular complexity index is 854. The molecule has 7 heteroatoms. The number of rotatable bonds is 6. The van der Waals surface area contributed by atoms with E-state index in [2.05, 4.69) is 5.32 Å². The van der Waals surface area contributed by atoms with Crippen LogP contribution in [0.1, 0.15) is 23.2 Å². The Labute approximate surface area is 163 Å². The fourth-order valence-electron chi connectivity index (χ4n) is 3.18. The molecular formula is C21H23N3O4. The molecule has 3 N–H and O–H groups in total. The molecule has 0 radical (unpaired) electrons. The molecule has 0 aromatic heterocycles. The highest BCUT2D eigenvalue weighted by Gasteiger charge is 2.27. The van der Waals surface area contributed by atoms with Crippen molar-refractivity contribution in [3.63, 3.8) is 0 Å². The Morgan fingerprint density at radius 2 is 1.79 bits per heavy atom. The topological polar surface area (TPSA) is 102 Å². The molecule has 1 aliphatic heterocycles. The van der Waals surface area contributed by atoms with Gasteiger partial charge < -0.3 is 20.7 Å². The Balaban J connectivity index is 1.61. The molecule has 1 aliphatic rings. The average molecular weight is 381 g/mol. The number of anilines is 2. The number of nitrogens with two attached hydrogens (primary N) is 1. The Kier molecular flexibility index (Phi) is 6.26. The first kappa shape index (κ1) is 19.4. The summed E-state index contributed by atoms with van der Waals surface area (Å²) in [6.07, 6.45) is 1.38. The summed E-state index contributed by atoms with van der Waals surface area (Å²) >= 11 is 0. The minimum Gasteiger partial charge on any atom is -0.452 e. The summed E-state index contributed by atoms with van der Waals surface area (Å²) < 4.78 is 5.23. The highest BCUT2D eigenvalue weighted by atomic mass is 16.5. The van der Waals surface area contributed by atoms with Gasteiger partial charge in [0.25, 0.3) is 5.91 Å². The summed E-state index contributed by atoms with van der Waals surface area (Å²) in [6, 6.07) is 16.4. The molecule has 1 fully saturated rings. The molecule has 0 spiro atoms. The van der Waals surface area contributed by atoms with Gasteiger partial charge in [-0.2, -0.15) is 0 Å². The van der Waals surface area contributed by atoms with Gasteiger partial charge in [0, 0.05) is 18.8 Å². The number of benzene rings is 2. The van der Waals surface area contributed by atoms with Crippen molar-refractivity contribution in [1.29, 1.82) is 0 Å². The summed E-state index contributed by atoms with van der Waals surface area (Å²) in [7, 11) is 0. The molecule has 1 atom stereocenters. The standard InChI is InChI=1S/C21H23N3O4/c22-20(26)15-7-6-12-24(13-15)19(25)14-28-21(27)17-10-4-5-11-18(17)23-16-8-2-1-3-9-16/h1-5,8-11,15,23H,6-7,12-14H2,(H2,22,26)/t15-/m0/s1. The first-order valence-electron chi connectivity index (χ1n) is 9.20. The molecule has 2 aromatic carbocycles. The average Bonchev–Trinajstić information content (AvgIpc) is 2.73. The van der Waals surface area contributed by atoms with Crippen LogP contribution in [0, 0.1) is 5.92 Å². The molecule has 2 amide bonds. The third-order valence-corrected chi connectivity index (χ3v) is 4.70. The fraction of sp³-hybridized carbons (Fsp3) is 0.286. The Morgan fingerprint density at radius 3 is 2.54 bits per heavy atom. The lowest BCUT2D eigenvalue weighted by molar-refractivity contribution is -0.137. The fourth-order valence-corrected chi connectivity index (χ4v) is 3.18. The van der Waals surface area contributed by atoms with Crippen molar-refractivity contribution < 1.29 is 19.1 Å². The molecule has 1 saturated heterocycles. The van der Waals surface area contributed by atoms with Gasteiger partial charge in [-0.1, -0.05) is 30.3 Å². The van der Waals surface area contributed by atoms with Crippen molar-refractivity contribution in [3.05, 3.63) is 60.2 Å². The van der Waals surface area contributed by atoms with Crippen LogP contribution in [0.3, 0.4) is 0 Å². The Hall–Kier alpha value is -3.35. The first-order valence-corrected chi connectivity index (χ1v) is 9.20. The van der Waals surface area contributed by atoms with Crippen molar-refractivity contribution in [2.24, 2.45) is 11.7 Å². The molecule has 3 rings (SSSR count). The maximum atomic E-state index is 12.5. The van der Waals surface area contributed by atoms with Crippen LogP contribution >= 0.6 is 0 Å². The molecule has 28 heavy (non-hydrogen) atoms. The predicted molar refractivity (Wildman–Crippen MR) is 105 cm³/mol. The number of carbonyl (C=O) groups excluding carboxylic acids is 3. The number of amides is 2. The number of hydrogen-bond donors (Lipinski definition) is 2. The second kappa shape index (κ2) is 9.03. The van der Waals surface area contributed by atoms with E-state index in [1.807, 2.05) is 36.4 Å². The minimum atomic E-state index is -0.587. The molecule has 2 aromatic rings. The second-order valence-corrected chi connectivity index (χ2v) is 6.69. The zero-order valence-electron chi connectivity index (χ0n) is 15.5. The third-order valence-electron chi connectivity index (χ3n) is 4.70. The quantitative estimate of drug-likeness (QED) is 0.748. The van der Waals surface area contributed by atoms with Gasteiger partial charge in [0.1, 0.15) is 0 Å². The van der Waals surface area contributed by atoms with Crippen molar-refractivity contribution in [1.82, 2.24) is 4.90 Å². The molecular weight excluding hydrogens is 358 g/mol. The van der Waals surface area contributed by atoms with Crippen LogP contribution < -0.4 is 11.1 Å². The first-order chi connectivity index (χ1) is 13.5. The van der Waals surface area contributed by atoms with Crippen LogP contribution in [-0.2, 0) is 14.3 Å². The summed E-state index contributed by atoms with van der Waals surface area (Å²) in [6.45, 7) is 0.439. The lowest BCUT2D eigenvalue weighted by Crippen LogP contribution is -2.45. The van der Waals surface area contributed by atoms with Crippen LogP contribution in [-0.4, -0.2) is 42.4 Å². The van der Waals surface area contributed by atoms with Crippen molar-refractivity contribution in [2.45, 2.75) is 12.8 Å². The van der Waals surface area contributed by atoms with E-state index in [0.717, 1.165) is 5.69 Å². The third kappa shape index (κ3) is 4.88. The largest absolute Gasteiger partial charge is 0.452 e. The molecule has 0 bridgehead atoms. The van der Waals surface area contributed by atoms with E-state index in [-0.39, 0.29) is 25.0 Å². The van der Waals surface area contributed by atoms with E-state index in [4.69, 9.17) is 10.5 Å². The van der Waals surface area contributed by atoms with Crippen LogP contribution in [0.25, 0.3) is 0 Å². The molecule has 146 valence electrons. The van der Waals surface area contributed by atoms with Crippen molar-refractivity contribution in [2.75, 3.05) is 25.0 Å². The number of para-hydroxylation sites is 2. The number of esters is 1. The zero-order valence-corrected chi connectivity index (χ0v) is 15.5. The minimum absolute atomic E-state index is 0.276. The van der Waals surface area contributed by atoms with Gasteiger partial charge >= 0.3 is 5.97 Å². The number of nitrogens with one attached hydrogen (secondary N) is 1. The van der Waals surface area contributed by atoms with Crippen LogP contribution in [0.5, 0.6) is 0 Å². The SMILES string of the molecule is NC(=O)[C@H]1CCCN(C(=O)COC(=O)c2ccccc2Nc2ccccc2)C1. The second-order valence-electron chi connectivity index (χ2n) is 6.69. The highest BCUT2D eigenvalue weighted by Crippen LogP contribution is 2.22. The van der Waals surface area contributed by atoms with Crippen LogP contribution in [0.15, 0.2) is 54.6 Å². The predicted octanol–water partition coefficient (Wildman–Crippen LogP) is 2.31. The van der Waals surface area contributed by atoms with Gasteiger partial charge in [-0.25, -0.2) is 4.79 Å². The normalized spacial score (nSPS) is 16.3. The Morgan fingerprint density at radius 1 is 1.07 bits per heavy atom. The van der Waals surface area contributed by atoms with Gasteiger partial charge in [-0.15, -0.1) is 0 Å². The van der Waals surface area contributed by atoms with Crippen LogP contribution in [0.2, 0.25) is 0 Å². The number of piperidine rings is 1. The maximum absolute atomic E-state index is 12.5. The van der Waals surface area contributed by atoms with Gasteiger partial charge in [-0.3, -0.25) is 9.59 Å². The maximum Gasteiger partial charge on any atom is 0.340 e.